The maximum atomic E-state index is 13.0. The van der Waals surface area contributed by atoms with Gasteiger partial charge in [0.05, 0.1) is 23.8 Å². The molecule has 3 fully saturated rings. The van der Waals surface area contributed by atoms with Crippen LogP contribution in [-0.4, -0.2) is 86.3 Å². The highest BCUT2D eigenvalue weighted by Crippen LogP contribution is 2.48. The van der Waals surface area contributed by atoms with Crippen molar-refractivity contribution in [1.29, 1.82) is 0 Å². The lowest BCUT2D eigenvalue weighted by Crippen LogP contribution is -2.40. The summed E-state index contributed by atoms with van der Waals surface area (Å²) < 4.78 is 41.2. The van der Waals surface area contributed by atoms with E-state index < -0.39 is 10.1 Å². The first kappa shape index (κ1) is 33.3. The van der Waals surface area contributed by atoms with E-state index in [9.17, 15) is 13.2 Å². The number of rotatable bonds is 9. The highest BCUT2D eigenvalue weighted by molar-refractivity contribution is 7.85. The number of aryl methyl sites for hydroxylation is 1. The topological polar surface area (TPSA) is 194 Å². The standard InChI is InChI=1S/C33H43N9O6S/c1-18(2)42-32-26(30(34)36-17-37-32)27(39-42)28-25(29(48-40-28)22-7-8-22)31-35-15-24(19(3)38-31)21-11-13-41(14-12-21)33(43)47-23-9-5-20(6-10-23)16-46-49(4,44)45/h15,17-18,20-23H,5-14,16H2,1-4H3,(H2,34,36,37). The fourth-order valence-electron chi connectivity index (χ4n) is 7.05. The van der Waals surface area contributed by atoms with E-state index >= 15 is 0 Å². The fourth-order valence-corrected chi connectivity index (χ4v) is 7.49. The molecule has 0 atom stereocenters. The Balaban J connectivity index is 1.04. The van der Waals surface area contributed by atoms with Crippen molar-refractivity contribution in [2.45, 2.75) is 96.1 Å². The van der Waals surface area contributed by atoms with Crippen LogP contribution in [0, 0.1) is 12.8 Å². The van der Waals surface area contributed by atoms with Crippen LogP contribution in [0.3, 0.4) is 0 Å². The van der Waals surface area contributed by atoms with Crippen molar-refractivity contribution in [2.24, 2.45) is 5.92 Å². The number of amides is 1. The first-order valence-corrected chi connectivity index (χ1v) is 18.9. The van der Waals surface area contributed by atoms with E-state index in [2.05, 4.69) is 15.1 Å². The zero-order chi connectivity index (χ0) is 34.4. The molecule has 262 valence electrons. The summed E-state index contributed by atoms with van der Waals surface area (Å²) in [6.45, 7) is 7.41. The Morgan fingerprint density at radius 2 is 1.76 bits per heavy atom. The Bertz CT molecular complexity index is 1960. The van der Waals surface area contributed by atoms with E-state index in [4.69, 9.17) is 34.2 Å². The van der Waals surface area contributed by atoms with Gasteiger partial charge in [-0.3, -0.25) is 4.18 Å². The van der Waals surface area contributed by atoms with Gasteiger partial charge in [-0.25, -0.2) is 29.4 Å². The zero-order valence-corrected chi connectivity index (χ0v) is 29.1. The first-order valence-electron chi connectivity index (χ1n) is 17.1. The van der Waals surface area contributed by atoms with E-state index in [1.54, 1.807) is 4.90 Å². The second-order valence-electron chi connectivity index (χ2n) is 13.9. The highest BCUT2D eigenvalue weighted by atomic mass is 32.2. The molecule has 3 aliphatic rings. The lowest BCUT2D eigenvalue weighted by atomic mass is 9.88. The van der Waals surface area contributed by atoms with Crippen LogP contribution in [0.5, 0.6) is 0 Å². The van der Waals surface area contributed by atoms with Gasteiger partial charge in [-0.05, 0) is 89.5 Å². The fraction of sp³-hybridized carbons (Fsp3) is 0.606. The largest absolute Gasteiger partial charge is 0.446 e. The van der Waals surface area contributed by atoms with Gasteiger partial charge in [-0.1, -0.05) is 5.16 Å². The molecule has 0 unspecified atom stereocenters. The van der Waals surface area contributed by atoms with Crippen LogP contribution in [0.1, 0.15) is 100 Å². The van der Waals surface area contributed by atoms with Crippen LogP contribution in [0.4, 0.5) is 10.6 Å². The predicted octanol–water partition coefficient (Wildman–Crippen LogP) is 5.14. The van der Waals surface area contributed by atoms with Gasteiger partial charge in [0, 0.05) is 36.9 Å². The van der Waals surface area contributed by atoms with Gasteiger partial charge in [-0.2, -0.15) is 13.5 Å². The molecule has 1 aliphatic heterocycles. The Morgan fingerprint density at radius 1 is 1.02 bits per heavy atom. The SMILES string of the molecule is Cc1nc(-c2c(-c3nn(C(C)C)c4ncnc(N)c34)noc2C2CC2)ncc1C1CCN(C(=O)OC2CCC(COS(C)(=O)=O)CC2)CC1. The Labute approximate surface area is 285 Å². The monoisotopic (exact) mass is 693 g/mol. The Morgan fingerprint density at radius 3 is 2.41 bits per heavy atom. The molecule has 0 bridgehead atoms. The molecule has 0 radical (unpaired) electrons. The number of piperidine rings is 1. The molecule has 16 heteroatoms. The zero-order valence-electron chi connectivity index (χ0n) is 28.3. The number of nitrogens with zero attached hydrogens (tertiary/aromatic N) is 8. The number of anilines is 1. The molecule has 7 rings (SSSR count). The van der Waals surface area contributed by atoms with Crippen molar-refractivity contribution in [2.75, 3.05) is 31.7 Å². The molecular formula is C33H43N9O6S. The number of likely N-dealkylation sites (tertiary alicyclic amines) is 1. The minimum Gasteiger partial charge on any atom is -0.446 e. The minimum absolute atomic E-state index is 0.0330. The number of carbonyl (C=O) groups excluding carboxylic acids is 1. The summed E-state index contributed by atoms with van der Waals surface area (Å²) in [5.41, 5.74) is 10.7. The summed E-state index contributed by atoms with van der Waals surface area (Å²) in [7, 11) is -3.45. The van der Waals surface area contributed by atoms with Crippen molar-refractivity contribution in [1.82, 2.24) is 39.8 Å². The molecular weight excluding hydrogens is 650 g/mol. The van der Waals surface area contributed by atoms with E-state index in [-0.39, 0.29) is 42.6 Å². The molecule has 4 aromatic rings. The average Bonchev–Trinajstić information content (AvgIpc) is 3.69. The number of aromatic nitrogens is 7. The third-order valence-corrected chi connectivity index (χ3v) is 10.5. The number of ether oxygens (including phenoxy) is 1. The predicted molar refractivity (Wildman–Crippen MR) is 180 cm³/mol. The molecule has 0 aromatic carbocycles. The third kappa shape index (κ3) is 6.98. The summed E-state index contributed by atoms with van der Waals surface area (Å²) in [6.07, 6.45) is 10.5. The maximum absolute atomic E-state index is 13.0. The van der Waals surface area contributed by atoms with Gasteiger partial charge < -0.3 is 19.9 Å². The van der Waals surface area contributed by atoms with Crippen molar-refractivity contribution in [3.05, 3.63) is 29.5 Å². The summed E-state index contributed by atoms with van der Waals surface area (Å²) in [4.78, 5) is 33.4. The van der Waals surface area contributed by atoms with Crippen molar-refractivity contribution < 1.29 is 26.7 Å². The molecule has 15 nitrogen and oxygen atoms in total. The number of nitrogen functional groups attached to an aromatic ring is 1. The second-order valence-corrected chi connectivity index (χ2v) is 15.5. The number of hydrogen-bond acceptors (Lipinski definition) is 13. The first-order chi connectivity index (χ1) is 23.5. The molecule has 0 spiro atoms. The van der Waals surface area contributed by atoms with Crippen molar-refractivity contribution in [3.8, 4) is 22.8 Å². The Kier molecular flexibility index (Phi) is 9.02. The Hall–Kier alpha value is -4.18. The van der Waals surface area contributed by atoms with Crippen LogP contribution >= 0.6 is 0 Å². The maximum Gasteiger partial charge on any atom is 0.410 e. The number of fused-ring (bicyclic) bond motifs is 1. The second kappa shape index (κ2) is 13.3. The molecule has 2 aliphatic carbocycles. The molecule has 1 amide bonds. The van der Waals surface area contributed by atoms with Crippen LogP contribution in [0.2, 0.25) is 0 Å². The number of hydrogen-bond donors (Lipinski definition) is 1. The van der Waals surface area contributed by atoms with E-state index in [1.807, 2.05) is 31.6 Å². The quantitative estimate of drug-likeness (QED) is 0.227. The number of nitrogens with two attached hydrogens (primary N) is 1. The molecule has 2 saturated carbocycles. The third-order valence-electron chi connectivity index (χ3n) is 9.91. The lowest BCUT2D eigenvalue weighted by Gasteiger charge is -2.34. The van der Waals surface area contributed by atoms with Gasteiger partial charge in [0.25, 0.3) is 10.1 Å². The van der Waals surface area contributed by atoms with Crippen LogP contribution < -0.4 is 5.73 Å². The summed E-state index contributed by atoms with van der Waals surface area (Å²) >= 11 is 0. The van der Waals surface area contributed by atoms with E-state index in [0.717, 1.165) is 67.4 Å². The van der Waals surface area contributed by atoms with Crippen LogP contribution in [0.15, 0.2) is 17.0 Å². The summed E-state index contributed by atoms with van der Waals surface area (Å²) in [5, 5.41) is 10.00. The van der Waals surface area contributed by atoms with Crippen molar-refractivity contribution in [3.63, 3.8) is 0 Å². The number of carbonyl (C=O) groups is 1. The van der Waals surface area contributed by atoms with Crippen molar-refractivity contribution >= 4 is 33.1 Å². The molecule has 2 N–H and O–H groups in total. The molecule has 5 heterocycles. The van der Waals surface area contributed by atoms with E-state index in [0.29, 0.717) is 60.0 Å². The van der Waals surface area contributed by atoms with Crippen LogP contribution in [-0.2, 0) is 19.0 Å². The highest BCUT2D eigenvalue weighted by Gasteiger charge is 2.37. The molecule has 1 saturated heterocycles. The van der Waals surface area contributed by atoms with Gasteiger partial charge in [0.15, 0.2) is 17.2 Å². The molecule has 4 aromatic heterocycles. The van der Waals surface area contributed by atoms with Gasteiger partial charge >= 0.3 is 6.09 Å². The normalized spacial score (nSPS) is 20.7. The van der Waals surface area contributed by atoms with Gasteiger partial charge in [0.2, 0.25) is 0 Å². The van der Waals surface area contributed by atoms with Crippen LogP contribution in [0.25, 0.3) is 33.8 Å². The smallest absolute Gasteiger partial charge is 0.410 e. The summed E-state index contributed by atoms with van der Waals surface area (Å²) in [6, 6.07) is 0.0330. The lowest BCUT2D eigenvalue weighted by molar-refractivity contribution is 0.0291. The average molecular weight is 694 g/mol. The van der Waals surface area contributed by atoms with Gasteiger partial charge in [-0.15, -0.1) is 0 Å². The van der Waals surface area contributed by atoms with E-state index in [1.165, 1.54) is 6.33 Å². The molecule has 49 heavy (non-hydrogen) atoms. The minimum atomic E-state index is -3.45. The summed E-state index contributed by atoms with van der Waals surface area (Å²) in [5.74, 6) is 2.22. The van der Waals surface area contributed by atoms with Gasteiger partial charge in [0.1, 0.15) is 29.6 Å².